The van der Waals surface area contributed by atoms with E-state index in [1.807, 2.05) is 48.5 Å². The van der Waals surface area contributed by atoms with Gasteiger partial charge in [0.15, 0.2) is 6.23 Å². The topological polar surface area (TPSA) is 21.7 Å². The number of hydrogen-bond donors (Lipinski definition) is 0. The molecule has 2 aliphatic rings. The summed E-state index contributed by atoms with van der Waals surface area (Å²) >= 11 is 0. The average Bonchev–Trinajstić information content (AvgIpc) is 3.07. The molecule has 0 spiro atoms. The summed E-state index contributed by atoms with van der Waals surface area (Å²) < 4.78 is 45.9. The maximum absolute atomic E-state index is 16.7. The van der Waals surface area contributed by atoms with E-state index in [1.165, 1.54) is 0 Å². The quantitative estimate of drug-likeness (QED) is 0.242. The van der Waals surface area contributed by atoms with E-state index in [1.54, 1.807) is 72.8 Å². The zero-order valence-electron chi connectivity index (χ0n) is 18.1. The molecule has 2 heterocycles. The molecular weight excluding hydrogens is 432 g/mol. The third-order valence-electron chi connectivity index (χ3n) is 6.23. The molecule has 2 atom stereocenters. The number of hydrogen-bond acceptors (Lipinski definition) is 3. The van der Waals surface area contributed by atoms with Crippen LogP contribution in [0.5, 0.6) is 5.75 Å². The van der Waals surface area contributed by atoms with Crippen LogP contribution in [0, 0.1) is 0 Å². The van der Waals surface area contributed by atoms with Crippen molar-refractivity contribution in [2.45, 2.75) is 18.1 Å². The number of benzene rings is 4. The Morgan fingerprint density at radius 1 is 0.735 bits per heavy atom. The second-order valence-electron chi connectivity index (χ2n) is 8.31. The standard InChI is InChI=1S/C29H21F2NO2/c30-29(31)28(25(22-14-6-2-7-15-22)20-21-12-4-1-5-13-21)33-26-19-11-10-18-24(26)27(34-28)32(29)23-16-8-3-9-17-23/h1-20,27H/b25-20-. The van der Waals surface area contributed by atoms with E-state index < -0.39 is 18.1 Å². The van der Waals surface area contributed by atoms with Gasteiger partial charge in [-0.2, -0.15) is 8.78 Å². The summed E-state index contributed by atoms with van der Waals surface area (Å²) in [5, 5.41) is 0. The molecule has 0 N–H and O–H groups in total. The van der Waals surface area contributed by atoms with E-state index in [9.17, 15) is 0 Å². The van der Waals surface area contributed by atoms with Gasteiger partial charge in [-0.15, -0.1) is 0 Å². The molecule has 2 unspecified atom stereocenters. The lowest BCUT2D eigenvalue weighted by atomic mass is 9.92. The summed E-state index contributed by atoms with van der Waals surface area (Å²) in [5.41, 5.74) is 2.53. The van der Waals surface area contributed by atoms with Crippen molar-refractivity contribution in [1.82, 2.24) is 0 Å². The van der Waals surface area contributed by atoms with E-state index >= 15 is 8.78 Å². The Balaban J connectivity index is 1.63. The highest BCUT2D eigenvalue weighted by Crippen LogP contribution is 2.61. The van der Waals surface area contributed by atoms with E-state index in [0.717, 1.165) is 10.5 Å². The summed E-state index contributed by atoms with van der Waals surface area (Å²) in [5.74, 6) is -1.98. The van der Waals surface area contributed by atoms with Crippen molar-refractivity contribution in [2.24, 2.45) is 0 Å². The van der Waals surface area contributed by atoms with Crippen LogP contribution in [-0.4, -0.2) is 11.8 Å². The number of fused-ring (bicyclic) bond motifs is 4. The van der Waals surface area contributed by atoms with Gasteiger partial charge in [-0.3, -0.25) is 4.90 Å². The van der Waals surface area contributed by atoms with Crippen LogP contribution < -0.4 is 9.64 Å². The smallest absolute Gasteiger partial charge is 0.397 e. The normalized spacial score (nSPS) is 22.7. The third-order valence-corrected chi connectivity index (χ3v) is 6.23. The second-order valence-corrected chi connectivity index (χ2v) is 8.31. The number of nitrogens with zero attached hydrogens (tertiary/aromatic N) is 1. The van der Waals surface area contributed by atoms with Crippen molar-refractivity contribution >= 4 is 17.3 Å². The van der Waals surface area contributed by atoms with E-state index in [0.29, 0.717) is 22.6 Å². The molecule has 1 saturated heterocycles. The highest BCUT2D eigenvalue weighted by atomic mass is 19.3. The van der Waals surface area contributed by atoms with Crippen LogP contribution in [0.2, 0.25) is 0 Å². The van der Waals surface area contributed by atoms with Crippen LogP contribution >= 0.6 is 0 Å². The van der Waals surface area contributed by atoms with Gasteiger partial charge in [0.1, 0.15) is 5.75 Å². The van der Waals surface area contributed by atoms with Crippen LogP contribution in [0.3, 0.4) is 0 Å². The first-order valence-electron chi connectivity index (χ1n) is 11.1. The summed E-state index contributed by atoms with van der Waals surface area (Å²) in [4.78, 5) is 1.03. The molecule has 4 aromatic carbocycles. The number of alkyl halides is 2. The lowest BCUT2D eigenvalue weighted by Gasteiger charge is -2.38. The van der Waals surface area contributed by atoms with Crippen molar-refractivity contribution < 1.29 is 18.3 Å². The predicted octanol–water partition coefficient (Wildman–Crippen LogP) is 7.14. The van der Waals surface area contributed by atoms with Gasteiger partial charge in [-0.05, 0) is 35.4 Å². The van der Waals surface area contributed by atoms with Gasteiger partial charge >= 0.3 is 11.8 Å². The van der Waals surface area contributed by atoms with Crippen LogP contribution in [0.1, 0.15) is 22.9 Å². The minimum atomic E-state index is -3.53. The minimum absolute atomic E-state index is 0.252. The van der Waals surface area contributed by atoms with Gasteiger partial charge < -0.3 is 9.47 Å². The van der Waals surface area contributed by atoms with Gasteiger partial charge in [0.05, 0.1) is 0 Å². The van der Waals surface area contributed by atoms with Gasteiger partial charge in [-0.25, -0.2) is 0 Å². The summed E-state index contributed by atoms with van der Waals surface area (Å²) in [6, 6.07) is 30.6. The van der Waals surface area contributed by atoms with E-state index in [4.69, 9.17) is 9.47 Å². The lowest BCUT2D eigenvalue weighted by Crippen LogP contribution is -2.56. The van der Waals surface area contributed by atoms with E-state index in [2.05, 4.69) is 0 Å². The number of para-hydroxylation sites is 2. The van der Waals surface area contributed by atoms with Crippen LogP contribution in [0.25, 0.3) is 11.6 Å². The molecule has 0 radical (unpaired) electrons. The van der Waals surface area contributed by atoms with Crippen molar-refractivity contribution in [3.8, 4) is 5.75 Å². The molecule has 168 valence electrons. The fourth-order valence-corrected chi connectivity index (χ4v) is 4.68. The first-order valence-corrected chi connectivity index (χ1v) is 11.1. The molecule has 3 nitrogen and oxygen atoms in total. The summed E-state index contributed by atoms with van der Waals surface area (Å²) in [7, 11) is 0. The Kier molecular flexibility index (Phi) is 4.74. The highest BCUT2D eigenvalue weighted by molar-refractivity contribution is 5.87. The maximum atomic E-state index is 16.7. The van der Waals surface area contributed by atoms with Crippen molar-refractivity contribution in [2.75, 3.05) is 4.90 Å². The lowest BCUT2D eigenvalue weighted by molar-refractivity contribution is -0.231. The molecule has 4 aromatic rings. The Labute approximate surface area is 196 Å². The number of rotatable bonds is 4. The zero-order valence-corrected chi connectivity index (χ0v) is 18.1. The van der Waals surface area contributed by atoms with Crippen molar-refractivity contribution in [3.05, 3.63) is 132 Å². The molecule has 34 heavy (non-hydrogen) atoms. The third kappa shape index (κ3) is 3.05. The van der Waals surface area contributed by atoms with E-state index in [-0.39, 0.29) is 5.57 Å². The molecule has 5 heteroatoms. The van der Waals surface area contributed by atoms with Gasteiger partial charge in [0.2, 0.25) is 0 Å². The average molecular weight is 453 g/mol. The number of anilines is 1. The second kappa shape index (κ2) is 7.82. The Bertz CT molecular complexity index is 1340. The zero-order chi connectivity index (χ0) is 23.2. The molecule has 1 fully saturated rings. The number of halogens is 2. The Morgan fingerprint density at radius 2 is 1.32 bits per heavy atom. The van der Waals surface area contributed by atoms with Gasteiger partial charge in [0, 0.05) is 16.8 Å². The highest BCUT2D eigenvalue weighted by Gasteiger charge is 2.74. The molecule has 6 rings (SSSR count). The summed E-state index contributed by atoms with van der Waals surface area (Å²) in [6.07, 6.45) is 0.702. The molecule has 0 aliphatic carbocycles. The monoisotopic (exact) mass is 453 g/mol. The molecular formula is C29H21F2NO2. The van der Waals surface area contributed by atoms with Gasteiger partial charge in [-0.1, -0.05) is 97.1 Å². The van der Waals surface area contributed by atoms with Crippen molar-refractivity contribution in [3.63, 3.8) is 0 Å². The molecule has 0 saturated carbocycles. The molecule has 2 bridgehead atoms. The minimum Gasteiger partial charge on any atom is -0.450 e. The molecule has 0 aromatic heterocycles. The largest absolute Gasteiger partial charge is 0.450 e. The SMILES string of the molecule is FC1(F)N(c2ccccc2)C2OC1(/C(=C\c1ccccc1)c1ccccc1)Oc1ccccc12. The Morgan fingerprint density at radius 3 is 2.03 bits per heavy atom. The van der Waals surface area contributed by atoms with Crippen LogP contribution in [-0.2, 0) is 4.74 Å². The number of ether oxygens (including phenoxy) is 2. The molecule has 2 aliphatic heterocycles. The van der Waals surface area contributed by atoms with Gasteiger partial charge in [0.25, 0.3) is 0 Å². The van der Waals surface area contributed by atoms with Crippen LogP contribution in [0.15, 0.2) is 115 Å². The van der Waals surface area contributed by atoms with Crippen LogP contribution in [0.4, 0.5) is 14.5 Å². The summed E-state index contributed by atoms with van der Waals surface area (Å²) in [6.45, 7) is 0. The van der Waals surface area contributed by atoms with Crippen molar-refractivity contribution in [1.29, 1.82) is 0 Å². The first-order chi connectivity index (χ1) is 16.6. The first kappa shape index (κ1) is 20.6. The fraction of sp³-hybridized carbons (Fsp3) is 0.103. The fourth-order valence-electron chi connectivity index (χ4n) is 4.68. The Hall–Kier alpha value is -3.96. The molecule has 0 amide bonds. The predicted molar refractivity (Wildman–Crippen MR) is 128 cm³/mol. The maximum Gasteiger partial charge on any atom is 0.397 e.